The summed E-state index contributed by atoms with van der Waals surface area (Å²) in [6.45, 7) is 4.23. The number of hydrogen-bond donors (Lipinski definition) is 3. The number of piperidine rings is 1. The van der Waals surface area contributed by atoms with Crippen LogP contribution in [0.3, 0.4) is 0 Å². The number of carbonyl (C=O) groups excluding carboxylic acids is 3. The molecule has 2 atom stereocenters. The van der Waals surface area contributed by atoms with Crippen molar-refractivity contribution in [3.05, 3.63) is 35.9 Å². The molecule has 2 rings (SSSR count). The molecule has 0 saturated carbocycles. The fourth-order valence-electron chi connectivity index (χ4n) is 2.78. The van der Waals surface area contributed by atoms with Crippen molar-refractivity contribution in [2.24, 2.45) is 5.92 Å². The highest BCUT2D eigenvalue weighted by Crippen LogP contribution is 2.13. The Balaban J connectivity index is 2.02. The molecule has 1 heterocycles. The van der Waals surface area contributed by atoms with Crippen LogP contribution in [-0.4, -0.2) is 36.5 Å². The minimum atomic E-state index is -1.60. The van der Waals surface area contributed by atoms with Crippen LogP contribution < -0.4 is 16.0 Å². The van der Waals surface area contributed by atoms with Crippen molar-refractivity contribution < 1.29 is 19.1 Å². The fourth-order valence-corrected chi connectivity index (χ4v) is 2.78. The Morgan fingerprint density at radius 3 is 2.56 bits per heavy atom. The van der Waals surface area contributed by atoms with Crippen molar-refractivity contribution in [2.45, 2.75) is 39.0 Å². The molecule has 1 aliphatic heterocycles. The standard InChI is InChI=1S/C18H25N3O4/c1-13(22)20-18(2,21-16(23)15-9-6-10-19-11-15)17(24)25-12-14-7-4-3-5-8-14/h3-5,7-8,15,19H,6,9-12H2,1-2H3,(H,20,22)(H,21,23)/t15-,18+/m1/s1. The molecule has 0 unspecified atom stereocenters. The van der Waals surface area contributed by atoms with Crippen LogP contribution in [0.4, 0.5) is 0 Å². The summed E-state index contributed by atoms with van der Waals surface area (Å²) in [6.07, 6.45) is 1.64. The quantitative estimate of drug-likeness (QED) is 0.520. The van der Waals surface area contributed by atoms with Crippen LogP contribution in [0, 0.1) is 5.92 Å². The van der Waals surface area contributed by atoms with Gasteiger partial charge in [-0.3, -0.25) is 9.59 Å². The second-order valence-corrected chi connectivity index (χ2v) is 6.40. The van der Waals surface area contributed by atoms with Gasteiger partial charge in [0.1, 0.15) is 6.61 Å². The van der Waals surface area contributed by atoms with Crippen LogP contribution in [-0.2, 0) is 25.7 Å². The Morgan fingerprint density at radius 1 is 1.24 bits per heavy atom. The lowest BCUT2D eigenvalue weighted by Crippen LogP contribution is -2.65. The summed E-state index contributed by atoms with van der Waals surface area (Å²) in [5.41, 5.74) is -0.779. The van der Waals surface area contributed by atoms with Crippen molar-refractivity contribution in [1.82, 2.24) is 16.0 Å². The molecule has 1 aliphatic rings. The molecular formula is C18H25N3O4. The van der Waals surface area contributed by atoms with E-state index in [0.29, 0.717) is 6.54 Å². The van der Waals surface area contributed by atoms with Crippen LogP contribution in [0.5, 0.6) is 0 Å². The van der Waals surface area contributed by atoms with Crippen molar-refractivity contribution in [3.63, 3.8) is 0 Å². The number of esters is 1. The van der Waals surface area contributed by atoms with Gasteiger partial charge in [0, 0.05) is 13.5 Å². The first-order valence-electron chi connectivity index (χ1n) is 8.43. The number of ether oxygens (including phenoxy) is 1. The largest absolute Gasteiger partial charge is 0.458 e. The van der Waals surface area contributed by atoms with Gasteiger partial charge in [0.2, 0.25) is 17.5 Å². The van der Waals surface area contributed by atoms with E-state index in [-0.39, 0.29) is 18.4 Å². The van der Waals surface area contributed by atoms with E-state index < -0.39 is 17.5 Å². The molecule has 2 amide bonds. The molecule has 25 heavy (non-hydrogen) atoms. The molecule has 0 aromatic heterocycles. The molecule has 1 fully saturated rings. The van der Waals surface area contributed by atoms with Crippen LogP contribution in [0.15, 0.2) is 30.3 Å². The van der Waals surface area contributed by atoms with Gasteiger partial charge >= 0.3 is 5.97 Å². The van der Waals surface area contributed by atoms with Crippen LogP contribution in [0.1, 0.15) is 32.3 Å². The number of benzene rings is 1. The average molecular weight is 347 g/mol. The molecule has 136 valence electrons. The zero-order valence-electron chi connectivity index (χ0n) is 14.6. The van der Waals surface area contributed by atoms with Gasteiger partial charge in [-0.15, -0.1) is 0 Å². The molecule has 0 bridgehead atoms. The van der Waals surface area contributed by atoms with Gasteiger partial charge in [0.15, 0.2) is 0 Å². The van der Waals surface area contributed by atoms with Crippen molar-refractivity contribution in [1.29, 1.82) is 0 Å². The second kappa shape index (κ2) is 8.62. The van der Waals surface area contributed by atoms with Crippen LogP contribution in [0.2, 0.25) is 0 Å². The summed E-state index contributed by atoms with van der Waals surface area (Å²) in [5, 5.41) is 8.30. The third-order valence-electron chi connectivity index (χ3n) is 4.09. The van der Waals surface area contributed by atoms with E-state index in [4.69, 9.17) is 4.74 Å². The summed E-state index contributed by atoms with van der Waals surface area (Å²) in [6, 6.07) is 9.21. The summed E-state index contributed by atoms with van der Waals surface area (Å²) in [4.78, 5) is 36.5. The Bertz CT molecular complexity index is 614. The number of rotatable bonds is 6. The molecule has 7 heteroatoms. The summed E-state index contributed by atoms with van der Waals surface area (Å²) >= 11 is 0. The fraction of sp³-hybridized carbons (Fsp3) is 0.500. The minimum Gasteiger partial charge on any atom is -0.458 e. The van der Waals surface area contributed by atoms with E-state index in [1.54, 1.807) is 0 Å². The van der Waals surface area contributed by atoms with Gasteiger partial charge in [-0.2, -0.15) is 0 Å². The number of carbonyl (C=O) groups is 3. The third kappa shape index (κ3) is 5.56. The first-order chi connectivity index (χ1) is 11.9. The molecule has 1 aromatic rings. The first-order valence-corrected chi connectivity index (χ1v) is 8.43. The topological polar surface area (TPSA) is 96.5 Å². The monoisotopic (exact) mass is 347 g/mol. The van der Waals surface area contributed by atoms with Gasteiger partial charge in [-0.1, -0.05) is 30.3 Å². The second-order valence-electron chi connectivity index (χ2n) is 6.40. The molecule has 0 radical (unpaired) electrons. The summed E-state index contributed by atoms with van der Waals surface area (Å²) < 4.78 is 5.30. The summed E-state index contributed by atoms with van der Waals surface area (Å²) in [5.74, 6) is -1.64. The number of nitrogens with one attached hydrogen (secondary N) is 3. The predicted molar refractivity (Wildman–Crippen MR) is 92.2 cm³/mol. The average Bonchev–Trinajstić information content (AvgIpc) is 2.60. The van der Waals surface area contributed by atoms with E-state index in [0.717, 1.165) is 24.9 Å². The van der Waals surface area contributed by atoms with Crippen molar-refractivity contribution in [3.8, 4) is 0 Å². The normalized spacial score (nSPS) is 19.4. The van der Waals surface area contributed by atoms with Crippen molar-refractivity contribution >= 4 is 17.8 Å². The molecule has 1 saturated heterocycles. The highest BCUT2D eigenvalue weighted by atomic mass is 16.5. The Labute approximate surface area is 147 Å². The zero-order valence-corrected chi connectivity index (χ0v) is 14.6. The third-order valence-corrected chi connectivity index (χ3v) is 4.09. The van der Waals surface area contributed by atoms with Gasteiger partial charge in [-0.25, -0.2) is 4.79 Å². The number of amides is 2. The van der Waals surface area contributed by atoms with E-state index in [1.807, 2.05) is 30.3 Å². The number of hydrogen-bond acceptors (Lipinski definition) is 5. The maximum absolute atomic E-state index is 12.5. The maximum atomic E-state index is 12.5. The lowest BCUT2D eigenvalue weighted by molar-refractivity contribution is -0.158. The smallest absolute Gasteiger partial charge is 0.353 e. The van der Waals surface area contributed by atoms with E-state index in [2.05, 4.69) is 16.0 Å². The Kier molecular flexibility index (Phi) is 6.52. The van der Waals surface area contributed by atoms with Gasteiger partial charge < -0.3 is 20.7 Å². The van der Waals surface area contributed by atoms with Gasteiger partial charge in [-0.05, 0) is 31.9 Å². The Morgan fingerprint density at radius 2 is 1.96 bits per heavy atom. The minimum absolute atomic E-state index is 0.0652. The summed E-state index contributed by atoms with van der Waals surface area (Å²) in [7, 11) is 0. The van der Waals surface area contributed by atoms with E-state index in [1.165, 1.54) is 13.8 Å². The molecule has 0 spiro atoms. The van der Waals surface area contributed by atoms with Gasteiger partial charge in [0.05, 0.1) is 5.92 Å². The molecule has 0 aliphatic carbocycles. The Hall–Kier alpha value is -2.41. The van der Waals surface area contributed by atoms with Crippen LogP contribution in [0.25, 0.3) is 0 Å². The van der Waals surface area contributed by atoms with Crippen molar-refractivity contribution in [2.75, 3.05) is 13.1 Å². The lowest BCUT2D eigenvalue weighted by atomic mass is 9.98. The van der Waals surface area contributed by atoms with E-state index >= 15 is 0 Å². The molecule has 3 N–H and O–H groups in total. The molecule has 1 aromatic carbocycles. The molecular weight excluding hydrogens is 322 g/mol. The van der Waals surface area contributed by atoms with Crippen LogP contribution >= 0.6 is 0 Å². The highest BCUT2D eigenvalue weighted by molar-refractivity contribution is 5.91. The first kappa shape index (κ1) is 18.9. The lowest BCUT2D eigenvalue weighted by Gasteiger charge is -2.32. The van der Waals surface area contributed by atoms with Gasteiger partial charge in [0.25, 0.3) is 0 Å². The SMILES string of the molecule is CC(=O)N[C@@](C)(NC(=O)[C@@H]1CCCNC1)C(=O)OCc1ccccc1. The van der Waals surface area contributed by atoms with E-state index in [9.17, 15) is 14.4 Å². The zero-order chi connectivity index (χ0) is 18.3. The maximum Gasteiger partial charge on any atom is 0.353 e. The highest BCUT2D eigenvalue weighted by Gasteiger charge is 2.39. The predicted octanol–water partition coefficient (Wildman–Crippen LogP) is 0.698. The molecule has 7 nitrogen and oxygen atoms in total.